The van der Waals surface area contributed by atoms with Crippen molar-refractivity contribution < 1.29 is 4.74 Å². The second kappa shape index (κ2) is 5.13. The Hall–Kier alpha value is -1.58. The molecule has 0 unspecified atom stereocenters. The number of nitrogens with zero attached hydrogens (tertiary/aromatic N) is 1. The molecule has 74 valence electrons. The highest BCUT2D eigenvalue weighted by molar-refractivity contribution is 5.16. The third-order valence-electron chi connectivity index (χ3n) is 1.66. The first kappa shape index (κ1) is 11.4. The van der Waals surface area contributed by atoms with E-state index < -0.39 is 0 Å². The van der Waals surface area contributed by atoms with Gasteiger partial charge in [0.25, 0.3) is 0 Å². The van der Waals surface area contributed by atoms with Crippen LogP contribution < -0.4 is 11.1 Å². The molecule has 0 atom stereocenters. The molecular formula is C9H17N3O. The van der Waals surface area contributed by atoms with Gasteiger partial charge >= 0.3 is 0 Å². The first-order chi connectivity index (χ1) is 6.08. The fraction of sp³-hybridized carbons (Fsp3) is 0.333. The molecule has 0 bridgehead atoms. The first-order valence-corrected chi connectivity index (χ1v) is 3.85. The van der Waals surface area contributed by atoms with Gasteiger partial charge in [-0.1, -0.05) is 13.2 Å². The van der Waals surface area contributed by atoms with Crippen LogP contribution in [0.4, 0.5) is 0 Å². The van der Waals surface area contributed by atoms with E-state index in [9.17, 15) is 0 Å². The minimum Gasteiger partial charge on any atom is -0.480 e. The van der Waals surface area contributed by atoms with Gasteiger partial charge in [-0.3, -0.25) is 0 Å². The molecule has 0 aromatic carbocycles. The summed E-state index contributed by atoms with van der Waals surface area (Å²) in [5, 5.41) is 2.79. The molecule has 3 N–H and O–H groups in total. The van der Waals surface area contributed by atoms with Crippen LogP contribution in [0.2, 0.25) is 0 Å². The lowest BCUT2D eigenvalue weighted by Gasteiger charge is -2.22. The van der Waals surface area contributed by atoms with Crippen LogP contribution >= 0.6 is 0 Å². The van der Waals surface area contributed by atoms with Gasteiger partial charge in [0.15, 0.2) is 5.82 Å². The maximum absolute atomic E-state index is 5.65. The highest BCUT2D eigenvalue weighted by Gasteiger charge is 2.09. The zero-order chi connectivity index (χ0) is 10.4. The van der Waals surface area contributed by atoms with Gasteiger partial charge in [-0.15, -0.1) is 0 Å². The Morgan fingerprint density at radius 2 is 2.15 bits per heavy atom. The Kier molecular flexibility index (Phi) is 4.51. The topological polar surface area (TPSA) is 50.5 Å². The Balaban J connectivity index is 4.78. The summed E-state index contributed by atoms with van der Waals surface area (Å²) in [5.41, 5.74) is 6.37. The van der Waals surface area contributed by atoms with Crippen LogP contribution in [0, 0.1) is 0 Å². The average molecular weight is 183 g/mol. The lowest BCUT2D eigenvalue weighted by Crippen LogP contribution is -2.27. The predicted molar refractivity (Wildman–Crippen MR) is 54.4 cm³/mol. The van der Waals surface area contributed by atoms with Gasteiger partial charge in [0.05, 0.1) is 7.11 Å². The molecule has 0 aromatic heterocycles. The summed E-state index contributed by atoms with van der Waals surface area (Å²) in [6.45, 7) is 7.37. The van der Waals surface area contributed by atoms with Crippen LogP contribution in [0.3, 0.4) is 0 Å². The number of ether oxygens (including phenoxy) is 1. The van der Waals surface area contributed by atoms with Gasteiger partial charge in [0.2, 0.25) is 5.88 Å². The molecular weight excluding hydrogens is 166 g/mol. The van der Waals surface area contributed by atoms with Crippen molar-refractivity contribution in [2.75, 3.05) is 21.2 Å². The fourth-order valence-electron chi connectivity index (χ4n) is 0.802. The number of likely N-dealkylation sites (N-methyl/N-ethyl adjacent to an activating group) is 1. The molecule has 0 fully saturated rings. The SMILES string of the molecule is C=CC(=C)N(C)/C(OC)=C(\N)NC. The number of hydrogen-bond donors (Lipinski definition) is 2. The van der Waals surface area contributed by atoms with Gasteiger partial charge in [-0.25, -0.2) is 0 Å². The van der Waals surface area contributed by atoms with E-state index in [0.717, 1.165) is 5.70 Å². The predicted octanol–water partition coefficient (Wildman–Crippen LogP) is 0.569. The number of hydrogen-bond acceptors (Lipinski definition) is 4. The van der Waals surface area contributed by atoms with E-state index in [4.69, 9.17) is 10.5 Å². The minimum absolute atomic E-state index is 0.452. The number of rotatable bonds is 5. The molecule has 4 nitrogen and oxygen atoms in total. The van der Waals surface area contributed by atoms with Crippen LogP contribution in [0.25, 0.3) is 0 Å². The standard InChI is InChI=1S/C9H17N3O/c1-6-7(2)12(4)9(13-5)8(10)11-3/h6,11H,1-2,10H2,3-5H3/b9-8-. The summed E-state index contributed by atoms with van der Waals surface area (Å²) in [6.07, 6.45) is 1.63. The quantitative estimate of drug-likeness (QED) is 0.483. The third kappa shape index (κ3) is 2.74. The molecule has 0 heterocycles. The molecule has 4 heteroatoms. The third-order valence-corrected chi connectivity index (χ3v) is 1.66. The van der Waals surface area contributed by atoms with Crippen molar-refractivity contribution >= 4 is 0 Å². The summed E-state index contributed by atoms with van der Waals surface area (Å²) in [7, 11) is 5.07. The summed E-state index contributed by atoms with van der Waals surface area (Å²) in [5.74, 6) is 0.973. The molecule has 0 spiro atoms. The van der Waals surface area contributed by atoms with Crippen molar-refractivity contribution in [1.82, 2.24) is 10.2 Å². The van der Waals surface area contributed by atoms with E-state index in [-0.39, 0.29) is 0 Å². The highest BCUT2D eigenvalue weighted by Crippen LogP contribution is 2.10. The normalized spacial score (nSPS) is 11.3. The Labute approximate surface area is 79.4 Å². The zero-order valence-corrected chi connectivity index (χ0v) is 8.42. The number of allylic oxidation sites excluding steroid dienone is 1. The summed E-state index contributed by atoms with van der Waals surface area (Å²) < 4.78 is 5.10. The van der Waals surface area contributed by atoms with E-state index in [1.54, 1.807) is 32.2 Å². The molecule has 0 saturated heterocycles. The average Bonchev–Trinajstić information content (AvgIpc) is 2.17. The smallest absolute Gasteiger partial charge is 0.234 e. The van der Waals surface area contributed by atoms with Crippen LogP contribution in [0.1, 0.15) is 0 Å². The lowest BCUT2D eigenvalue weighted by atomic mass is 10.4. The van der Waals surface area contributed by atoms with Crippen molar-refractivity contribution in [1.29, 1.82) is 0 Å². The Morgan fingerprint density at radius 1 is 1.62 bits per heavy atom. The van der Waals surface area contributed by atoms with Crippen LogP contribution in [0.15, 0.2) is 36.6 Å². The van der Waals surface area contributed by atoms with Gasteiger partial charge < -0.3 is 20.7 Å². The first-order valence-electron chi connectivity index (χ1n) is 3.85. The van der Waals surface area contributed by atoms with Crippen molar-refractivity contribution in [3.63, 3.8) is 0 Å². The van der Waals surface area contributed by atoms with E-state index in [1.807, 2.05) is 0 Å². The van der Waals surface area contributed by atoms with Crippen molar-refractivity contribution in [2.45, 2.75) is 0 Å². The molecule has 0 aliphatic heterocycles. The maximum Gasteiger partial charge on any atom is 0.234 e. The minimum atomic E-state index is 0.452. The van der Waals surface area contributed by atoms with Gasteiger partial charge in [0, 0.05) is 19.8 Å². The Morgan fingerprint density at radius 3 is 2.46 bits per heavy atom. The molecule has 0 saturated carbocycles. The summed E-state index contributed by atoms with van der Waals surface area (Å²) >= 11 is 0. The number of nitrogens with one attached hydrogen (secondary N) is 1. The van der Waals surface area contributed by atoms with Gasteiger partial charge in [-0.05, 0) is 6.08 Å². The summed E-state index contributed by atoms with van der Waals surface area (Å²) in [6, 6.07) is 0. The van der Waals surface area contributed by atoms with E-state index >= 15 is 0 Å². The lowest BCUT2D eigenvalue weighted by molar-refractivity contribution is 0.193. The summed E-state index contributed by atoms with van der Waals surface area (Å²) in [4.78, 5) is 1.71. The number of methoxy groups -OCH3 is 1. The largest absolute Gasteiger partial charge is 0.480 e. The van der Waals surface area contributed by atoms with Crippen LogP contribution in [-0.2, 0) is 4.74 Å². The second-order valence-electron chi connectivity index (χ2n) is 2.43. The van der Waals surface area contributed by atoms with E-state index in [2.05, 4.69) is 18.5 Å². The molecule has 0 amide bonds. The highest BCUT2D eigenvalue weighted by atomic mass is 16.5. The van der Waals surface area contributed by atoms with Gasteiger partial charge in [-0.2, -0.15) is 0 Å². The van der Waals surface area contributed by atoms with Crippen molar-refractivity contribution in [2.24, 2.45) is 5.73 Å². The second-order valence-corrected chi connectivity index (χ2v) is 2.43. The van der Waals surface area contributed by atoms with E-state index in [0.29, 0.717) is 11.7 Å². The van der Waals surface area contributed by atoms with Gasteiger partial charge in [0.1, 0.15) is 0 Å². The molecule has 0 radical (unpaired) electrons. The molecule has 0 aliphatic carbocycles. The van der Waals surface area contributed by atoms with Crippen LogP contribution in [0.5, 0.6) is 0 Å². The van der Waals surface area contributed by atoms with E-state index in [1.165, 1.54) is 0 Å². The molecule has 13 heavy (non-hydrogen) atoms. The molecule has 0 aliphatic rings. The van der Waals surface area contributed by atoms with Crippen molar-refractivity contribution in [3.05, 3.63) is 36.6 Å². The fourth-order valence-corrected chi connectivity index (χ4v) is 0.802. The van der Waals surface area contributed by atoms with Crippen LogP contribution in [-0.4, -0.2) is 26.1 Å². The number of nitrogens with two attached hydrogens (primary N) is 1. The zero-order valence-electron chi connectivity index (χ0n) is 8.42. The maximum atomic E-state index is 5.65. The molecule has 0 rings (SSSR count). The Bertz CT molecular complexity index is 233. The van der Waals surface area contributed by atoms with Crippen molar-refractivity contribution in [3.8, 4) is 0 Å². The monoisotopic (exact) mass is 183 g/mol. The molecule has 0 aromatic rings.